The lowest BCUT2D eigenvalue weighted by Gasteiger charge is -2.55. The van der Waals surface area contributed by atoms with Gasteiger partial charge >= 0.3 is 5.97 Å². The number of hydrogen-bond acceptors (Lipinski definition) is 2. The number of carboxylic acid groups (broad SMARTS) is 1. The van der Waals surface area contributed by atoms with E-state index in [0.29, 0.717) is 29.1 Å². The zero-order valence-electron chi connectivity index (χ0n) is 33.2. The standard InChI is InChI=1S/C28H44O.C18H34O2/c1-18(2)19(3)7-8-20(4)24-11-12-25-23-10-9-21-17-22(29)13-15-27(21,5)26(23)14-16-28(24,25)6;1-2-3-4-5-6-7-8-9-10-11-12-13-14-15-16-17-18(19)20/h7-10,18-20,22,24-26,29H,11-17H2,1-6H3;9-10H,2-8,11-17H2,1H3,(H,19,20)/t19-,20+,22-,24+,25-,26+,27+,28+;/m0./s1. The highest BCUT2D eigenvalue weighted by Crippen LogP contribution is 2.66. The number of hydrogen-bond donors (Lipinski definition) is 2. The van der Waals surface area contributed by atoms with E-state index in [1.54, 1.807) is 5.57 Å². The summed E-state index contributed by atoms with van der Waals surface area (Å²) in [6.45, 7) is 16.9. The first-order chi connectivity index (χ1) is 23.4. The molecule has 0 heterocycles. The Labute approximate surface area is 303 Å². The second-order valence-electron chi connectivity index (χ2n) is 17.6. The van der Waals surface area contributed by atoms with E-state index in [2.05, 4.69) is 84.9 Å². The highest BCUT2D eigenvalue weighted by atomic mass is 16.4. The van der Waals surface area contributed by atoms with Gasteiger partial charge in [0.05, 0.1) is 6.10 Å². The first-order valence-electron chi connectivity index (χ1n) is 21.1. The molecule has 3 nitrogen and oxygen atoms in total. The van der Waals surface area contributed by atoms with Gasteiger partial charge < -0.3 is 10.2 Å². The normalized spacial score (nSPS) is 30.6. The molecular weight excluding hydrogens is 601 g/mol. The van der Waals surface area contributed by atoms with Crippen molar-refractivity contribution in [2.75, 3.05) is 0 Å². The van der Waals surface area contributed by atoms with E-state index in [9.17, 15) is 9.90 Å². The average Bonchev–Trinajstić information content (AvgIpc) is 3.43. The summed E-state index contributed by atoms with van der Waals surface area (Å²) < 4.78 is 0. The Morgan fingerprint density at radius 3 is 2.06 bits per heavy atom. The topological polar surface area (TPSA) is 57.5 Å². The van der Waals surface area contributed by atoms with Gasteiger partial charge in [-0.3, -0.25) is 4.79 Å². The van der Waals surface area contributed by atoms with Crippen LogP contribution in [0.5, 0.6) is 0 Å². The second kappa shape index (κ2) is 21.0. The van der Waals surface area contributed by atoms with Crippen molar-refractivity contribution in [1.29, 1.82) is 0 Å². The van der Waals surface area contributed by atoms with Crippen molar-refractivity contribution in [3.8, 4) is 0 Å². The molecule has 0 saturated heterocycles. The molecule has 3 heteroatoms. The Hall–Kier alpha value is -1.61. The maximum absolute atomic E-state index is 10.3. The second-order valence-corrected chi connectivity index (χ2v) is 17.6. The average molecular weight is 679 g/mol. The number of aliphatic hydroxyl groups is 1. The van der Waals surface area contributed by atoms with Crippen molar-refractivity contribution < 1.29 is 15.0 Å². The van der Waals surface area contributed by atoms with Crippen LogP contribution in [0.1, 0.15) is 183 Å². The monoisotopic (exact) mass is 679 g/mol. The first-order valence-corrected chi connectivity index (χ1v) is 21.1. The molecule has 4 aliphatic carbocycles. The molecule has 0 amide bonds. The Kier molecular flexibility index (Phi) is 18.0. The largest absolute Gasteiger partial charge is 0.481 e. The molecule has 3 fully saturated rings. The molecule has 2 N–H and O–H groups in total. The molecule has 3 saturated carbocycles. The van der Waals surface area contributed by atoms with Crippen LogP contribution in [-0.2, 0) is 4.79 Å². The van der Waals surface area contributed by atoms with Crippen LogP contribution in [-0.4, -0.2) is 22.3 Å². The lowest BCUT2D eigenvalue weighted by molar-refractivity contribution is -0.137. The third-order valence-electron chi connectivity index (χ3n) is 13.7. The first kappa shape index (κ1) is 41.8. The third-order valence-corrected chi connectivity index (χ3v) is 13.7. The number of fused-ring (bicyclic) bond motifs is 5. The van der Waals surface area contributed by atoms with Crippen LogP contribution >= 0.6 is 0 Å². The van der Waals surface area contributed by atoms with Crippen LogP contribution in [0.2, 0.25) is 0 Å². The summed E-state index contributed by atoms with van der Waals surface area (Å²) >= 11 is 0. The van der Waals surface area contributed by atoms with E-state index >= 15 is 0 Å². The number of carbonyl (C=O) groups is 1. The summed E-state index contributed by atoms with van der Waals surface area (Å²) in [4.78, 5) is 10.3. The molecule has 280 valence electrons. The van der Waals surface area contributed by atoms with Gasteiger partial charge in [-0.05, 0) is 123 Å². The summed E-state index contributed by atoms with van der Waals surface area (Å²) in [5.74, 6) is 3.72. The summed E-state index contributed by atoms with van der Waals surface area (Å²) in [5.41, 5.74) is 4.07. The molecule has 4 aliphatic rings. The van der Waals surface area contributed by atoms with E-state index in [-0.39, 0.29) is 6.10 Å². The predicted molar refractivity (Wildman–Crippen MR) is 211 cm³/mol. The molecular formula is C46H78O3. The number of aliphatic hydroxyl groups excluding tert-OH is 1. The summed E-state index contributed by atoms with van der Waals surface area (Å²) in [6, 6.07) is 0. The smallest absolute Gasteiger partial charge is 0.303 e. The van der Waals surface area contributed by atoms with Gasteiger partial charge in [0.15, 0.2) is 0 Å². The van der Waals surface area contributed by atoms with E-state index in [1.807, 2.05) is 0 Å². The van der Waals surface area contributed by atoms with Crippen molar-refractivity contribution in [1.82, 2.24) is 0 Å². The third kappa shape index (κ3) is 12.2. The molecule has 0 aromatic rings. The summed E-state index contributed by atoms with van der Waals surface area (Å²) in [6.07, 6.45) is 39.6. The highest BCUT2D eigenvalue weighted by molar-refractivity contribution is 5.66. The Balaban J connectivity index is 0.000000288. The van der Waals surface area contributed by atoms with Crippen LogP contribution in [0.3, 0.4) is 0 Å². The fourth-order valence-corrected chi connectivity index (χ4v) is 9.94. The van der Waals surface area contributed by atoms with Crippen molar-refractivity contribution in [2.24, 2.45) is 46.3 Å². The molecule has 0 bridgehead atoms. The van der Waals surface area contributed by atoms with Gasteiger partial charge in [0, 0.05) is 6.42 Å². The zero-order chi connectivity index (χ0) is 35.9. The van der Waals surface area contributed by atoms with Crippen molar-refractivity contribution in [3.05, 3.63) is 47.6 Å². The van der Waals surface area contributed by atoms with Gasteiger partial charge in [-0.15, -0.1) is 0 Å². The van der Waals surface area contributed by atoms with E-state index in [0.717, 1.165) is 49.4 Å². The maximum atomic E-state index is 10.3. The zero-order valence-corrected chi connectivity index (χ0v) is 33.2. The van der Waals surface area contributed by atoms with E-state index in [1.165, 1.54) is 108 Å². The van der Waals surface area contributed by atoms with Crippen molar-refractivity contribution >= 4 is 5.97 Å². The van der Waals surface area contributed by atoms with Crippen LogP contribution in [0, 0.1) is 46.3 Å². The lowest BCUT2D eigenvalue weighted by Crippen LogP contribution is -2.46. The number of allylic oxidation sites excluding steroid dienone is 7. The number of carboxylic acids is 1. The minimum atomic E-state index is -0.664. The quantitative estimate of drug-likeness (QED) is 0.106. The van der Waals surface area contributed by atoms with Crippen LogP contribution in [0.4, 0.5) is 0 Å². The molecule has 0 aliphatic heterocycles. The van der Waals surface area contributed by atoms with E-state index < -0.39 is 5.97 Å². The molecule has 0 unspecified atom stereocenters. The molecule has 0 aromatic carbocycles. The SMILES string of the molecule is CC(C)[C@@H](C)C=C[C@@H](C)[C@H]1CC[C@H]2C3=CC=C4C[C@@H](O)CC[C@@]4(C)[C@@H]3CC[C@]12C.CCCCCCCCC=CCCCCCCCC(=O)O. The predicted octanol–water partition coefficient (Wildman–Crippen LogP) is 13.4. The number of rotatable bonds is 19. The van der Waals surface area contributed by atoms with Gasteiger partial charge in [-0.1, -0.05) is 147 Å². The van der Waals surface area contributed by atoms with Crippen LogP contribution in [0.15, 0.2) is 47.6 Å². The Morgan fingerprint density at radius 1 is 0.796 bits per heavy atom. The lowest BCUT2D eigenvalue weighted by atomic mass is 9.50. The van der Waals surface area contributed by atoms with Crippen LogP contribution < -0.4 is 0 Å². The van der Waals surface area contributed by atoms with Gasteiger partial charge in [0.1, 0.15) is 0 Å². The van der Waals surface area contributed by atoms with Gasteiger partial charge in [0.25, 0.3) is 0 Å². The molecule has 8 atom stereocenters. The molecule has 49 heavy (non-hydrogen) atoms. The molecule has 0 aromatic heterocycles. The van der Waals surface area contributed by atoms with Gasteiger partial charge in [-0.25, -0.2) is 0 Å². The fraction of sp³-hybridized carbons (Fsp3) is 0.804. The molecule has 0 spiro atoms. The Bertz CT molecular complexity index is 1100. The minimum absolute atomic E-state index is 0.116. The molecule has 0 radical (unpaired) electrons. The summed E-state index contributed by atoms with van der Waals surface area (Å²) in [5, 5.41) is 18.7. The van der Waals surface area contributed by atoms with Crippen LogP contribution in [0.25, 0.3) is 0 Å². The summed E-state index contributed by atoms with van der Waals surface area (Å²) in [7, 11) is 0. The van der Waals surface area contributed by atoms with Gasteiger partial charge in [-0.2, -0.15) is 0 Å². The van der Waals surface area contributed by atoms with E-state index in [4.69, 9.17) is 5.11 Å². The van der Waals surface area contributed by atoms with Gasteiger partial charge in [0.2, 0.25) is 0 Å². The van der Waals surface area contributed by atoms with Crippen molar-refractivity contribution in [2.45, 2.75) is 189 Å². The highest BCUT2D eigenvalue weighted by Gasteiger charge is 2.56. The Morgan fingerprint density at radius 2 is 1.43 bits per heavy atom. The number of aliphatic carboxylic acids is 1. The maximum Gasteiger partial charge on any atom is 0.303 e. The molecule has 4 rings (SSSR count). The van der Waals surface area contributed by atoms with Crippen molar-refractivity contribution in [3.63, 3.8) is 0 Å². The minimum Gasteiger partial charge on any atom is -0.481 e. The number of unbranched alkanes of at least 4 members (excludes halogenated alkanes) is 11. The fourth-order valence-electron chi connectivity index (χ4n) is 9.94.